The summed E-state index contributed by atoms with van der Waals surface area (Å²) in [6, 6.07) is 8.71. The number of benzene rings is 1. The van der Waals surface area contributed by atoms with Gasteiger partial charge >= 0.3 is 6.09 Å². The molecule has 9 nitrogen and oxygen atoms in total. The second kappa shape index (κ2) is 8.40. The number of nitrogens with zero attached hydrogens (tertiary/aromatic N) is 3. The monoisotopic (exact) mass is 372 g/mol. The molecule has 0 bridgehead atoms. The second-order valence-corrected chi connectivity index (χ2v) is 7.08. The zero-order chi connectivity index (χ0) is 20.0. The van der Waals surface area contributed by atoms with Crippen molar-refractivity contribution >= 4 is 23.3 Å². The van der Waals surface area contributed by atoms with Gasteiger partial charge in [0.25, 0.3) is 0 Å². The smallest absolute Gasteiger partial charge is 0.410 e. The van der Waals surface area contributed by atoms with E-state index < -0.39 is 11.4 Å². The van der Waals surface area contributed by atoms with Gasteiger partial charge in [0.15, 0.2) is 5.84 Å². The van der Waals surface area contributed by atoms with E-state index in [1.54, 1.807) is 35.2 Å². The molecule has 0 saturated carbocycles. The molecule has 144 valence electrons. The predicted octanol–water partition coefficient (Wildman–Crippen LogP) is 2.30. The molecule has 1 aliphatic rings. The largest absolute Gasteiger partial charge is 0.489 e. The number of hydrogen-bond acceptors (Lipinski definition) is 7. The molecular formula is C18H24N6O3. The van der Waals surface area contributed by atoms with Crippen LogP contribution in [0.4, 0.5) is 10.5 Å². The van der Waals surface area contributed by atoms with Crippen LogP contribution in [0.3, 0.4) is 0 Å². The number of nitrogens with two attached hydrogens (primary N) is 1. The number of nitrogens with one attached hydrogen (secondary N) is 2. The van der Waals surface area contributed by atoms with E-state index >= 15 is 0 Å². The van der Waals surface area contributed by atoms with Gasteiger partial charge < -0.3 is 20.1 Å². The molecule has 4 N–H and O–H groups in total. The fraction of sp³-hybridized carbons (Fsp3) is 0.444. The third-order valence-electron chi connectivity index (χ3n) is 3.61. The maximum absolute atomic E-state index is 12.1. The maximum atomic E-state index is 12.1. The summed E-state index contributed by atoms with van der Waals surface area (Å²) < 4.78 is 11.3. The number of hydrogen-bond donors (Lipinski definition) is 3. The normalized spacial score (nSPS) is 17.2. The van der Waals surface area contributed by atoms with Crippen molar-refractivity contribution in [2.75, 3.05) is 18.5 Å². The Labute approximate surface area is 158 Å². The van der Waals surface area contributed by atoms with E-state index in [1.807, 2.05) is 20.8 Å². The molecule has 0 aliphatic carbocycles. The molecule has 2 rings (SSSR count). The van der Waals surface area contributed by atoms with Gasteiger partial charge in [-0.05, 0) is 45.0 Å². The highest BCUT2D eigenvalue weighted by atomic mass is 16.6. The van der Waals surface area contributed by atoms with Crippen LogP contribution < -0.4 is 15.9 Å². The van der Waals surface area contributed by atoms with Crippen molar-refractivity contribution in [2.24, 2.45) is 10.8 Å². The van der Waals surface area contributed by atoms with E-state index in [1.165, 1.54) is 0 Å². The summed E-state index contributed by atoms with van der Waals surface area (Å²) in [5.74, 6) is 0.258. The van der Waals surface area contributed by atoms with Crippen molar-refractivity contribution in [3.05, 3.63) is 24.3 Å². The topological polar surface area (TPSA) is 137 Å². The molecule has 1 amide bonds. The first kappa shape index (κ1) is 20.0. The Morgan fingerprint density at radius 3 is 2.63 bits per heavy atom. The molecule has 1 aromatic carbocycles. The summed E-state index contributed by atoms with van der Waals surface area (Å²) >= 11 is 0. The highest BCUT2D eigenvalue weighted by molar-refractivity contribution is 6.45. The van der Waals surface area contributed by atoms with Gasteiger partial charge in [-0.2, -0.15) is 10.4 Å². The second-order valence-electron chi connectivity index (χ2n) is 7.08. The van der Waals surface area contributed by atoms with E-state index in [0.29, 0.717) is 24.5 Å². The zero-order valence-electron chi connectivity index (χ0n) is 15.7. The third-order valence-corrected chi connectivity index (χ3v) is 3.61. The molecule has 1 aliphatic heterocycles. The van der Waals surface area contributed by atoms with Crippen molar-refractivity contribution < 1.29 is 14.3 Å². The van der Waals surface area contributed by atoms with Crippen molar-refractivity contribution in [3.8, 4) is 11.8 Å². The van der Waals surface area contributed by atoms with E-state index in [2.05, 4.69) is 10.5 Å². The Morgan fingerprint density at radius 1 is 1.41 bits per heavy atom. The quantitative estimate of drug-likeness (QED) is 0.412. The van der Waals surface area contributed by atoms with Gasteiger partial charge in [-0.15, -0.1) is 0 Å². The number of nitriles is 1. The van der Waals surface area contributed by atoms with Gasteiger partial charge in [0.2, 0.25) is 5.71 Å². The minimum atomic E-state index is -0.519. The molecule has 1 fully saturated rings. The van der Waals surface area contributed by atoms with Gasteiger partial charge in [-0.25, -0.2) is 4.79 Å². The van der Waals surface area contributed by atoms with Crippen LogP contribution in [0.15, 0.2) is 29.4 Å². The van der Waals surface area contributed by atoms with Gasteiger partial charge in [-0.3, -0.25) is 10.8 Å². The molecule has 1 atom stereocenters. The van der Waals surface area contributed by atoms with Crippen LogP contribution in [0.25, 0.3) is 0 Å². The summed E-state index contributed by atoms with van der Waals surface area (Å²) in [5, 5.41) is 19.8. The van der Waals surface area contributed by atoms with Gasteiger partial charge in [-0.1, -0.05) is 0 Å². The Hall–Kier alpha value is -3.28. The van der Waals surface area contributed by atoms with Gasteiger partial charge in [0.1, 0.15) is 23.5 Å². The number of likely N-dealkylation sites (tertiary alicyclic amines) is 1. The zero-order valence-corrected chi connectivity index (χ0v) is 15.7. The molecule has 1 aromatic rings. The predicted molar refractivity (Wildman–Crippen MR) is 102 cm³/mol. The van der Waals surface area contributed by atoms with Crippen molar-refractivity contribution in [3.63, 3.8) is 0 Å². The average Bonchev–Trinajstić information content (AvgIpc) is 3.04. The maximum Gasteiger partial charge on any atom is 0.410 e. The number of carbonyl (C=O) groups is 1. The lowest BCUT2D eigenvalue weighted by atomic mass is 10.2. The number of amides is 1. The molecule has 1 unspecified atom stereocenters. The van der Waals surface area contributed by atoms with E-state index in [4.69, 9.17) is 25.9 Å². The fourth-order valence-corrected chi connectivity index (χ4v) is 2.38. The lowest BCUT2D eigenvalue weighted by molar-refractivity contribution is 0.0275. The van der Waals surface area contributed by atoms with E-state index in [9.17, 15) is 4.79 Å². The fourth-order valence-electron chi connectivity index (χ4n) is 2.38. The Balaban J connectivity index is 1.88. The van der Waals surface area contributed by atoms with Crippen molar-refractivity contribution in [1.29, 1.82) is 10.7 Å². The molecule has 0 spiro atoms. The Morgan fingerprint density at radius 2 is 2.07 bits per heavy atom. The minimum absolute atomic E-state index is 0.0998. The van der Waals surface area contributed by atoms with Gasteiger partial charge in [0.05, 0.1) is 12.2 Å². The summed E-state index contributed by atoms with van der Waals surface area (Å²) in [5.41, 5.74) is 7.80. The Kier molecular flexibility index (Phi) is 6.23. The van der Waals surface area contributed by atoms with Crippen LogP contribution >= 0.6 is 0 Å². The molecular weight excluding hydrogens is 348 g/mol. The number of carbonyl (C=O) groups excluding carboxylic acids is 1. The number of anilines is 1. The number of amidine groups is 1. The Bertz CT molecular complexity index is 761. The first-order valence-electron chi connectivity index (χ1n) is 8.51. The summed E-state index contributed by atoms with van der Waals surface area (Å²) in [4.78, 5) is 13.7. The molecule has 0 aromatic heterocycles. The molecule has 1 saturated heterocycles. The number of hydrazone groups is 1. The molecule has 9 heteroatoms. The van der Waals surface area contributed by atoms with Crippen LogP contribution in [-0.2, 0) is 4.74 Å². The van der Waals surface area contributed by atoms with Crippen LogP contribution in [0.1, 0.15) is 27.2 Å². The number of rotatable bonds is 5. The standard InChI is InChI=1S/C18H24N6O3/c1-18(2,3)27-17(25)24-9-8-14(11-24)26-13-6-4-12(5-7-13)22-23-15(10-19)16(20)21/h4-7,14,22H,8-9,11H2,1-3H3,(H3,20,21)/b23-15+. The van der Waals surface area contributed by atoms with Crippen LogP contribution in [0, 0.1) is 16.7 Å². The average molecular weight is 372 g/mol. The first-order chi connectivity index (χ1) is 12.7. The van der Waals surface area contributed by atoms with Crippen LogP contribution in [0.5, 0.6) is 5.75 Å². The number of ether oxygens (including phenoxy) is 2. The highest BCUT2D eigenvalue weighted by Gasteiger charge is 2.30. The summed E-state index contributed by atoms with van der Waals surface area (Å²) in [7, 11) is 0. The SMILES string of the molecule is CC(C)(C)OC(=O)N1CCC(Oc2ccc(N/N=C(\C#N)C(=N)N)cc2)C1. The third kappa shape index (κ3) is 6.18. The van der Waals surface area contributed by atoms with Crippen LogP contribution in [-0.4, -0.2) is 47.3 Å². The molecule has 27 heavy (non-hydrogen) atoms. The summed E-state index contributed by atoms with van der Waals surface area (Å²) in [6.45, 7) is 6.58. The van der Waals surface area contributed by atoms with Crippen LogP contribution in [0.2, 0.25) is 0 Å². The lowest BCUT2D eigenvalue weighted by Crippen LogP contribution is -2.36. The molecule has 0 radical (unpaired) electrons. The first-order valence-corrected chi connectivity index (χ1v) is 8.51. The van der Waals surface area contributed by atoms with Crippen molar-refractivity contribution in [2.45, 2.75) is 38.9 Å². The summed E-state index contributed by atoms with van der Waals surface area (Å²) in [6.07, 6.45) is 0.301. The lowest BCUT2D eigenvalue weighted by Gasteiger charge is -2.24. The highest BCUT2D eigenvalue weighted by Crippen LogP contribution is 2.22. The van der Waals surface area contributed by atoms with Gasteiger partial charge in [0, 0.05) is 13.0 Å². The van der Waals surface area contributed by atoms with Crippen molar-refractivity contribution in [1.82, 2.24) is 4.90 Å². The van der Waals surface area contributed by atoms with E-state index in [0.717, 1.165) is 6.42 Å². The van der Waals surface area contributed by atoms with E-state index in [-0.39, 0.29) is 17.9 Å². The molecule has 1 heterocycles. The minimum Gasteiger partial charge on any atom is -0.489 e.